The lowest BCUT2D eigenvalue weighted by Gasteiger charge is -2.35. The van der Waals surface area contributed by atoms with Gasteiger partial charge in [-0.25, -0.2) is 4.39 Å². The lowest BCUT2D eigenvalue weighted by molar-refractivity contribution is -0.119. The van der Waals surface area contributed by atoms with E-state index in [1.54, 1.807) is 12.1 Å². The van der Waals surface area contributed by atoms with E-state index in [0.717, 1.165) is 33.2 Å². The molecule has 0 saturated carbocycles. The van der Waals surface area contributed by atoms with Crippen molar-refractivity contribution in [2.75, 3.05) is 4.90 Å². The Kier molecular flexibility index (Phi) is 4.76. The zero-order valence-corrected chi connectivity index (χ0v) is 16.9. The summed E-state index contributed by atoms with van der Waals surface area (Å²) in [6.45, 7) is 0.402. The molecule has 1 unspecified atom stereocenters. The predicted molar refractivity (Wildman–Crippen MR) is 119 cm³/mol. The summed E-state index contributed by atoms with van der Waals surface area (Å²) >= 11 is 6.54. The van der Waals surface area contributed by atoms with E-state index in [9.17, 15) is 9.18 Å². The van der Waals surface area contributed by atoms with Crippen molar-refractivity contribution in [1.82, 2.24) is 0 Å². The molecule has 0 aromatic heterocycles. The number of hydrogen-bond acceptors (Lipinski definition) is 1. The minimum Gasteiger partial charge on any atom is -0.308 e. The molecule has 30 heavy (non-hydrogen) atoms. The van der Waals surface area contributed by atoms with Gasteiger partial charge in [-0.1, -0.05) is 72.3 Å². The van der Waals surface area contributed by atoms with Gasteiger partial charge in [-0.15, -0.1) is 0 Å². The van der Waals surface area contributed by atoms with Gasteiger partial charge in [-0.05, 0) is 51.7 Å². The van der Waals surface area contributed by atoms with Gasteiger partial charge in [0.05, 0.1) is 6.54 Å². The highest BCUT2D eigenvalue weighted by atomic mass is 35.5. The molecule has 1 aliphatic heterocycles. The van der Waals surface area contributed by atoms with E-state index in [-0.39, 0.29) is 17.6 Å². The van der Waals surface area contributed by atoms with Crippen LogP contribution in [0.15, 0.2) is 84.9 Å². The molecule has 0 radical (unpaired) electrons. The van der Waals surface area contributed by atoms with Crippen LogP contribution in [0.25, 0.3) is 10.8 Å². The van der Waals surface area contributed by atoms with E-state index in [0.29, 0.717) is 18.0 Å². The van der Waals surface area contributed by atoms with Crippen LogP contribution in [-0.4, -0.2) is 5.91 Å². The third-order valence-electron chi connectivity index (χ3n) is 5.80. The molecule has 1 aliphatic rings. The summed E-state index contributed by atoms with van der Waals surface area (Å²) in [6.07, 6.45) is 0.339. The maximum Gasteiger partial charge on any atom is 0.228 e. The van der Waals surface area contributed by atoms with E-state index in [2.05, 4.69) is 12.1 Å². The number of amides is 1. The SMILES string of the molecule is O=C1CC(c2ccccc2Cl)c2c(ccc3ccccc23)N1Cc1ccc(F)cc1. The number of carbonyl (C=O) groups excluding carboxylic acids is 1. The van der Waals surface area contributed by atoms with E-state index in [1.165, 1.54) is 12.1 Å². The Labute approximate surface area is 179 Å². The van der Waals surface area contributed by atoms with Crippen LogP contribution in [0, 0.1) is 5.82 Å². The molecule has 1 atom stereocenters. The zero-order valence-electron chi connectivity index (χ0n) is 16.2. The van der Waals surface area contributed by atoms with Gasteiger partial charge in [0.15, 0.2) is 0 Å². The van der Waals surface area contributed by atoms with Gasteiger partial charge in [0.25, 0.3) is 0 Å². The Balaban J connectivity index is 1.69. The van der Waals surface area contributed by atoms with Crippen molar-refractivity contribution in [1.29, 1.82) is 0 Å². The van der Waals surface area contributed by atoms with E-state index in [4.69, 9.17) is 11.6 Å². The number of hydrogen-bond donors (Lipinski definition) is 0. The summed E-state index contributed by atoms with van der Waals surface area (Å²) in [5, 5.41) is 2.92. The van der Waals surface area contributed by atoms with Crippen molar-refractivity contribution in [3.05, 3.63) is 112 Å². The van der Waals surface area contributed by atoms with Gasteiger partial charge in [-0.3, -0.25) is 4.79 Å². The average Bonchev–Trinajstić information content (AvgIpc) is 2.77. The summed E-state index contributed by atoms with van der Waals surface area (Å²) in [4.78, 5) is 15.1. The fourth-order valence-corrected chi connectivity index (χ4v) is 4.64. The van der Waals surface area contributed by atoms with Crippen molar-refractivity contribution < 1.29 is 9.18 Å². The second-order valence-electron chi connectivity index (χ2n) is 7.60. The van der Waals surface area contributed by atoms with Crippen molar-refractivity contribution >= 4 is 34.0 Å². The first kappa shape index (κ1) is 18.8. The molecule has 4 aromatic rings. The van der Waals surface area contributed by atoms with Crippen molar-refractivity contribution in [3.8, 4) is 0 Å². The lowest BCUT2D eigenvalue weighted by atomic mass is 9.81. The molecule has 1 amide bonds. The Morgan fingerprint density at radius 1 is 0.900 bits per heavy atom. The van der Waals surface area contributed by atoms with E-state index < -0.39 is 0 Å². The largest absolute Gasteiger partial charge is 0.308 e. The van der Waals surface area contributed by atoms with Crippen molar-refractivity contribution in [2.24, 2.45) is 0 Å². The summed E-state index contributed by atoms with van der Waals surface area (Å²) in [7, 11) is 0. The average molecular weight is 416 g/mol. The number of fused-ring (bicyclic) bond motifs is 3. The van der Waals surface area contributed by atoms with E-state index >= 15 is 0 Å². The molecule has 2 nitrogen and oxygen atoms in total. The van der Waals surface area contributed by atoms with Crippen LogP contribution in [0.3, 0.4) is 0 Å². The summed E-state index contributed by atoms with van der Waals surface area (Å²) in [5.74, 6) is -0.363. The molecular formula is C26H19ClFNO. The topological polar surface area (TPSA) is 20.3 Å². The first-order valence-electron chi connectivity index (χ1n) is 9.92. The number of nitrogens with zero attached hydrogens (tertiary/aromatic N) is 1. The maximum absolute atomic E-state index is 13.3. The molecule has 1 heterocycles. The predicted octanol–water partition coefficient (Wildman–Crippen LogP) is 6.70. The molecule has 0 spiro atoms. The second-order valence-corrected chi connectivity index (χ2v) is 8.01. The quantitative estimate of drug-likeness (QED) is 0.364. The van der Waals surface area contributed by atoms with Crippen molar-refractivity contribution in [3.63, 3.8) is 0 Å². The normalized spacial score (nSPS) is 16.0. The lowest BCUT2D eigenvalue weighted by Crippen LogP contribution is -2.36. The monoisotopic (exact) mass is 415 g/mol. The zero-order chi connectivity index (χ0) is 20.7. The fourth-order valence-electron chi connectivity index (χ4n) is 4.38. The third-order valence-corrected chi connectivity index (χ3v) is 6.15. The third kappa shape index (κ3) is 3.25. The minimum absolute atomic E-state index is 0.0343. The Hall–Kier alpha value is -3.17. The number of carbonyl (C=O) groups is 1. The van der Waals surface area contributed by atoms with Crippen LogP contribution in [0.2, 0.25) is 5.02 Å². The Morgan fingerprint density at radius 3 is 2.43 bits per heavy atom. The molecular weight excluding hydrogens is 397 g/mol. The van der Waals surface area contributed by atoms with Gasteiger partial charge >= 0.3 is 0 Å². The molecule has 0 N–H and O–H groups in total. The maximum atomic E-state index is 13.3. The van der Waals surface area contributed by atoms with Gasteiger partial charge in [0.2, 0.25) is 5.91 Å². The number of benzene rings is 4. The summed E-state index contributed by atoms with van der Waals surface area (Å²) in [6, 6.07) is 26.3. The van der Waals surface area contributed by atoms with Gasteiger partial charge < -0.3 is 4.90 Å². The molecule has 0 bridgehead atoms. The van der Waals surface area contributed by atoms with Crippen LogP contribution in [0.5, 0.6) is 0 Å². The molecule has 148 valence electrons. The fraction of sp³-hybridized carbons (Fsp3) is 0.115. The highest BCUT2D eigenvalue weighted by Gasteiger charge is 2.34. The molecule has 4 aromatic carbocycles. The number of rotatable bonds is 3. The van der Waals surface area contributed by atoms with Crippen LogP contribution in [-0.2, 0) is 11.3 Å². The Morgan fingerprint density at radius 2 is 1.63 bits per heavy atom. The molecule has 0 saturated heterocycles. The summed E-state index contributed by atoms with van der Waals surface area (Å²) < 4.78 is 13.3. The minimum atomic E-state index is -0.283. The van der Waals surface area contributed by atoms with Gasteiger partial charge in [-0.2, -0.15) is 0 Å². The molecule has 0 aliphatic carbocycles. The highest BCUT2D eigenvalue weighted by Crippen LogP contribution is 2.45. The van der Waals surface area contributed by atoms with Crippen LogP contribution >= 0.6 is 11.6 Å². The van der Waals surface area contributed by atoms with Crippen LogP contribution in [0.4, 0.5) is 10.1 Å². The first-order chi connectivity index (χ1) is 14.6. The number of halogens is 2. The van der Waals surface area contributed by atoms with Crippen LogP contribution in [0.1, 0.15) is 29.0 Å². The number of anilines is 1. The Bertz CT molecular complexity index is 1250. The van der Waals surface area contributed by atoms with Crippen LogP contribution < -0.4 is 4.90 Å². The smallest absolute Gasteiger partial charge is 0.228 e. The second kappa shape index (κ2) is 7.58. The van der Waals surface area contributed by atoms with Gasteiger partial charge in [0.1, 0.15) is 5.82 Å². The van der Waals surface area contributed by atoms with E-state index in [1.807, 2.05) is 53.4 Å². The first-order valence-corrected chi connectivity index (χ1v) is 10.3. The highest BCUT2D eigenvalue weighted by molar-refractivity contribution is 6.31. The molecule has 5 rings (SSSR count). The molecule has 0 fully saturated rings. The van der Waals surface area contributed by atoms with Crippen molar-refractivity contribution in [2.45, 2.75) is 18.9 Å². The standard InChI is InChI=1S/C26H19ClFNO/c27-23-8-4-3-7-21(23)22-15-25(30)29(16-17-9-12-19(28)13-10-17)24-14-11-18-5-1-2-6-20(18)26(22)24/h1-14,22H,15-16H2. The molecule has 4 heteroatoms. The summed E-state index contributed by atoms with van der Waals surface area (Å²) in [5.41, 5.74) is 3.86. The van der Waals surface area contributed by atoms with Gasteiger partial charge in [0, 0.05) is 23.0 Å².